The van der Waals surface area contributed by atoms with E-state index in [0.717, 1.165) is 6.07 Å². The summed E-state index contributed by atoms with van der Waals surface area (Å²) in [7, 11) is 0. The Labute approximate surface area is 122 Å². The lowest BCUT2D eigenvalue weighted by atomic mass is 10.1. The van der Waals surface area contributed by atoms with Crippen LogP contribution < -0.4 is 4.90 Å². The number of aromatic carboxylic acids is 1. The van der Waals surface area contributed by atoms with E-state index in [1.54, 1.807) is 18.7 Å². The van der Waals surface area contributed by atoms with Crippen LogP contribution in [0.4, 0.5) is 10.2 Å². The molecule has 0 bridgehead atoms. The molecule has 1 aromatic rings. The second kappa shape index (κ2) is 5.95. The van der Waals surface area contributed by atoms with E-state index in [2.05, 4.69) is 9.88 Å². The predicted molar refractivity (Wildman–Crippen MR) is 76.1 cm³/mol. The fraction of sp³-hybridized carbons (Fsp3) is 0.571. The van der Waals surface area contributed by atoms with E-state index in [9.17, 15) is 14.3 Å². The molecule has 0 atom stereocenters. The number of rotatable bonds is 4. The third-order valence-corrected chi connectivity index (χ3v) is 3.38. The third kappa shape index (κ3) is 3.89. The molecular formula is C14H20FN3O3. The Balaban J connectivity index is 2.06. The highest BCUT2D eigenvalue weighted by Gasteiger charge is 2.26. The fourth-order valence-electron chi connectivity index (χ4n) is 2.48. The molecule has 1 aliphatic rings. The van der Waals surface area contributed by atoms with E-state index in [0.29, 0.717) is 32.7 Å². The van der Waals surface area contributed by atoms with Gasteiger partial charge in [-0.25, -0.2) is 14.2 Å². The van der Waals surface area contributed by atoms with Crippen molar-refractivity contribution in [2.75, 3.05) is 37.6 Å². The van der Waals surface area contributed by atoms with Crippen molar-refractivity contribution in [3.63, 3.8) is 0 Å². The molecule has 0 aliphatic carbocycles. The van der Waals surface area contributed by atoms with Gasteiger partial charge >= 0.3 is 5.97 Å². The maximum atomic E-state index is 14.1. The lowest BCUT2D eigenvalue weighted by Gasteiger charge is -2.37. The van der Waals surface area contributed by atoms with Crippen LogP contribution in [0.2, 0.25) is 0 Å². The van der Waals surface area contributed by atoms with E-state index in [4.69, 9.17) is 5.11 Å². The van der Waals surface area contributed by atoms with Gasteiger partial charge in [-0.1, -0.05) is 0 Å². The van der Waals surface area contributed by atoms with Crippen LogP contribution >= 0.6 is 0 Å². The number of anilines is 1. The van der Waals surface area contributed by atoms with Crippen molar-refractivity contribution >= 4 is 11.8 Å². The Kier molecular flexibility index (Phi) is 4.43. The van der Waals surface area contributed by atoms with Crippen LogP contribution in [0.15, 0.2) is 12.3 Å². The topological polar surface area (TPSA) is 76.9 Å². The average molecular weight is 297 g/mol. The van der Waals surface area contributed by atoms with Gasteiger partial charge in [0.05, 0.1) is 5.60 Å². The number of hydrogen-bond acceptors (Lipinski definition) is 5. The van der Waals surface area contributed by atoms with Crippen LogP contribution in [0.25, 0.3) is 0 Å². The molecule has 2 rings (SSSR count). The molecule has 1 aromatic heterocycles. The summed E-state index contributed by atoms with van der Waals surface area (Å²) in [4.78, 5) is 18.7. The van der Waals surface area contributed by atoms with Crippen molar-refractivity contribution in [3.8, 4) is 0 Å². The highest BCUT2D eigenvalue weighted by molar-refractivity contribution is 5.88. The van der Waals surface area contributed by atoms with Crippen molar-refractivity contribution in [1.82, 2.24) is 9.88 Å². The number of aromatic nitrogens is 1. The summed E-state index contributed by atoms with van der Waals surface area (Å²) >= 11 is 0. The van der Waals surface area contributed by atoms with Crippen LogP contribution in [0.5, 0.6) is 0 Å². The van der Waals surface area contributed by atoms with Crippen molar-refractivity contribution in [3.05, 3.63) is 23.6 Å². The van der Waals surface area contributed by atoms with Crippen molar-refractivity contribution in [2.45, 2.75) is 19.4 Å². The number of hydrogen-bond donors (Lipinski definition) is 2. The summed E-state index contributed by atoms with van der Waals surface area (Å²) in [5.74, 6) is -2.00. The molecule has 0 saturated carbocycles. The number of carboxylic acids is 1. The van der Waals surface area contributed by atoms with Crippen LogP contribution in [-0.2, 0) is 0 Å². The van der Waals surface area contributed by atoms with Gasteiger partial charge in [0.15, 0.2) is 11.6 Å². The Bertz CT molecular complexity index is 523. The zero-order valence-corrected chi connectivity index (χ0v) is 12.2. The monoisotopic (exact) mass is 297 g/mol. The largest absolute Gasteiger partial charge is 0.478 e. The number of halogens is 1. The number of carbonyl (C=O) groups is 1. The van der Waals surface area contributed by atoms with E-state index in [-0.39, 0.29) is 11.4 Å². The smallest absolute Gasteiger partial charge is 0.338 e. The zero-order valence-electron chi connectivity index (χ0n) is 12.2. The predicted octanol–water partition coefficient (Wildman–Crippen LogP) is 0.812. The van der Waals surface area contributed by atoms with Crippen molar-refractivity contribution in [1.29, 1.82) is 0 Å². The van der Waals surface area contributed by atoms with Crippen molar-refractivity contribution in [2.24, 2.45) is 0 Å². The first-order valence-corrected chi connectivity index (χ1v) is 6.85. The normalized spacial score (nSPS) is 17.0. The SMILES string of the molecule is CC(C)(O)CN1CCN(c2nccc(C(=O)O)c2F)CC1. The van der Waals surface area contributed by atoms with E-state index >= 15 is 0 Å². The minimum absolute atomic E-state index is 0.0813. The van der Waals surface area contributed by atoms with Gasteiger partial charge in [0.25, 0.3) is 0 Å². The summed E-state index contributed by atoms with van der Waals surface area (Å²) in [5, 5.41) is 18.7. The molecule has 1 aliphatic heterocycles. The molecular weight excluding hydrogens is 277 g/mol. The number of pyridine rings is 1. The van der Waals surface area contributed by atoms with E-state index in [1.165, 1.54) is 6.20 Å². The van der Waals surface area contributed by atoms with E-state index < -0.39 is 17.4 Å². The first kappa shape index (κ1) is 15.7. The molecule has 6 nitrogen and oxygen atoms in total. The molecule has 0 radical (unpaired) electrons. The Morgan fingerprint density at radius 1 is 1.38 bits per heavy atom. The van der Waals surface area contributed by atoms with Crippen LogP contribution in [-0.4, -0.2) is 64.4 Å². The van der Waals surface area contributed by atoms with Gasteiger partial charge < -0.3 is 15.1 Å². The summed E-state index contributed by atoms with van der Waals surface area (Å²) in [6, 6.07) is 1.16. The number of aliphatic hydroxyl groups is 1. The minimum atomic E-state index is -1.29. The van der Waals surface area contributed by atoms with Gasteiger partial charge in [-0.15, -0.1) is 0 Å². The number of piperazine rings is 1. The molecule has 0 unspecified atom stereocenters. The molecule has 0 spiro atoms. The van der Waals surface area contributed by atoms with Crippen LogP contribution in [0, 0.1) is 5.82 Å². The molecule has 1 fully saturated rings. The highest BCUT2D eigenvalue weighted by atomic mass is 19.1. The van der Waals surface area contributed by atoms with Gasteiger partial charge in [0.1, 0.15) is 5.56 Å². The average Bonchev–Trinajstić information content (AvgIpc) is 2.38. The number of β-amino-alcohol motifs (C(OH)–C–C–N with tert-alkyl or cyclic N) is 1. The molecule has 7 heteroatoms. The molecule has 1 saturated heterocycles. The molecule has 0 amide bonds. The quantitative estimate of drug-likeness (QED) is 0.856. The Hall–Kier alpha value is -1.73. The standard InChI is InChI=1S/C14H20FN3O3/c1-14(2,21)9-17-5-7-18(8-6-17)12-11(15)10(13(19)20)3-4-16-12/h3-4,21H,5-9H2,1-2H3,(H,19,20). The van der Waals surface area contributed by atoms with E-state index in [1.807, 2.05) is 0 Å². The minimum Gasteiger partial charge on any atom is -0.478 e. The summed E-state index contributed by atoms with van der Waals surface area (Å²) < 4.78 is 14.1. The molecule has 116 valence electrons. The Morgan fingerprint density at radius 2 is 2.00 bits per heavy atom. The van der Waals surface area contributed by atoms with Crippen LogP contribution in [0.3, 0.4) is 0 Å². The maximum Gasteiger partial charge on any atom is 0.338 e. The van der Waals surface area contributed by atoms with Gasteiger partial charge in [0.2, 0.25) is 0 Å². The summed E-state index contributed by atoms with van der Waals surface area (Å²) in [6.07, 6.45) is 1.31. The second-order valence-electron chi connectivity index (χ2n) is 5.88. The molecule has 21 heavy (non-hydrogen) atoms. The van der Waals surface area contributed by atoms with Gasteiger partial charge in [-0.05, 0) is 19.9 Å². The number of nitrogens with zero attached hydrogens (tertiary/aromatic N) is 3. The van der Waals surface area contributed by atoms with Gasteiger partial charge in [-0.2, -0.15) is 0 Å². The first-order chi connectivity index (χ1) is 9.78. The zero-order chi connectivity index (χ0) is 15.6. The summed E-state index contributed by atoms with van der Waals surface area (Å²) in [6.45, 7) is 6.47. The molecule has 2 heterocycles. The lowest BCUT2D eigenvalue weighted by Crippen LogP contribution is -2.51. The molecule has 2 N–H and O–H groups in total. The highest BCUT2D eigenvalue weighted by Crippen LogP contribution is 2.21. The number of carboxylic acid groups (broad SMARTS) is 1. The summed E-state index contributed by atoms with van der Waals surface area (Å²) in [5.41, 5.74) is -1.13. The van der Waals surface area contributed by atoms with Crippen LogP contribution in [0.1, 0.15) is 24.2 Å². The first-order valence-electron chi connectivity index (χ1n) is 6.85. The second-order valence-corrected chi connectivity index (χ2v) is 5.88. The van der Waals surface area contributed by atoms with Crippen molar-refractivity contribution < 1.29 is 19.4 Å². The fourth-order valence-corrected chi connectivity index (χ4v) is 2.48. The maximum absolute atomic E-state index is 14.1. The third-order valence-electron chi connectivity index (χ3n) is 3.38. The lowest BCUT2D eigenvalue weighted by molar-refractivity contribution is 0.0344. The molecule has 0 aromatic carbocycles. The van der Waals surface area contributed by atoms with Gasteiger partial charge in [-0.3, -0.25) is 4.90 Å². The van der Waals surface area contributed by atoms with Gasteiger partial charge in [0, 0.05) is 38.9 Å². The Morgan fingerprint density at radius 3 is 2.52 bits per heavy atom.